The van der Waals surface area contributed by atoms with E-state index < -0.39 is 23.3 Å². The maximum absolute atomic E-state index is 13.8. The lowest BCUT2D eigenvalue weighted by Gasteiger charge is -2.30. The number of hydrogen-bond acceptors (Lipinski definition) is 18. The summed E-state index contributed by atoms with van der Waals surface area (Å²) in [7, 11) is 1.27. The van der Waals surface area contributed by atoms with Crippen LogP contribution in [0.15, 0.2) is 42.5 Å². The molecule has 2 aromatic rings. The zero-order chi connectivity index (χ0) is 53.9. The van der Waals surface area contributed by atoms with Crippen molar-refractivity contribution in [2.45, 2.75) is 51.0 Å². The highest BCUT2D eigenvalue weighted by Gasteiger charge is 2.42. The Balaban J connectivity index is 1.08. The van der Waals surface area contributed by atoms with Gasteiger partial charge in [-0.25, -0.2) is 4.79 Å². The van der Waals surface area contributed by atoms with Gasteiger partial charge in [0.15, 0.2) is 0 Å². The molecule has 0 spiro atoms. The molecule has 0 heterocycles. The molecule has 1 aliphatic rings. The van der Waals surface area contributed by atoms with E-state index in [4.69, 9.17) is 90.5 Å². The summed E-state index contributed by atoms with van der Waals surface area (Å²) in [6.07, 6.45) is 3.77. The number of rotatable bonds is 48. The second kappa shape index (κ2) is 43.4. The summed E-state index contributed by atoms with van der Waals surface area (Å²) in [5.74, 6) is -1.47. The summed E-state index contributed by atoms with van der Waals surface area (Å²) < 4.78 is 70.7. The second-order valence-corrected chi connectivity index (χ2v) is 17.8. The predicted octanol–water partition coefficient (Wildman–Crippen LogP) is 4.06. The monoisotopic (exact) mass is 1100 g/mol. The third kappa shape index (κ3) is 30.8. The van der Waals surface area contributed by atoms with Crippen molar-refractivity contribution in [3.63, 3.8) is 0 Å². The number of halogens is 2. The first-order valence-electron chi connectivity index (χ1n) is 25.8. The third-order valence-electron chi connectivity index (χ3n) is 11.4. The minimum atomic E-state index is -0.941. The standard InChI is InChI=1S/C52H82Cl2N4O17/c1-63-50(61)46(41-42-7-9-43(10-8-42)57-49(60)48-44(53)5-4-6-45(48)54)58-51(62)52(12-2-3-13-52)14-16-56-47(59)11-17-64-19-21-66-23-25-68-27-29-70-31-33-72-35-37-74-39-40-75-38-36-73-34-32-71-30-28-69-26-24-67-22-20-65-18-15-55/h4-10,46H,2-3,11-41,55H2,1H3,(H,56,59)(H,57,60)(H,58,62)/t46-/m0/s1. The number of hydrogen-bond donors (Lipinski definition) is 4. The maximum Gasteiger partial charge on any atom is 0.328 e. The number of carbonyl (C=O) groups excluding carboxylic acids is 4. The van der Waals surface area contributed by atoms with Gasteiger partial charge in [0.2, 0.25) is 11.8 Å². The van der Waals surface area contributed by atoms with Crippen LogP contribution in [0.2, 0.25) is 10.0 Å². The van der Waals surface area contributed by atoms with E-state index in [1.807, 2.05) is 0 Å². The quantitative estimate of drug-likeness (QED) is 0.0539. The van der Waals surface area contributed by atoms with Gasteiger partial charge in [0.1, 0.15) is 6.04 Å². The van der Waals surface area contributed by atoms with E-state index in [-0.39, 0.29) is 46.9 Å². The van der Waals surface area contributed by atoms with E-state index >= 15 is 0 Å². The van der Waals surface area contributed by atoms with E-state index in [1.165, 1.54) is 7.11 Å². The lowest BCUT2D eigenvalue weighted by Crippen LogP contribution is -2.50. The van der Waals surface area contributed by atoms with Crippen LogP contribution in [0.25, 0.3) is 0 Å². The Morgan fingerprint density at radius 2 is 0.947 bits per heavy atom. The zero-order valence-corrected chi connectivity index (χ0v) is 45.2. The van der Waals surface area contributed by atoms with E-state index in [9.17, 15) is 19.2 Å². The number of nitrogens with one attached hydrogen (secondary N) is 3. The fraction of sp³-hybridized carbons (Fsp3) is 0.692. The molecule has 23 heteroatoms. The Kier molecular flexibility index (Phi) is 38.0. The molecule has 0 unspecified atom stereocenters. The van der Waals surface area contributed by atoms with Crippen molar-refractivity contribution in [1.82, 2.24) is 10.6 Å². The summed E-state index contributed by atoms with van der Waals surface area (Å²) in [5.41, 5.74) is 6.02. The normalized spacial score (nSPS) is 13.4. The number of nitrogens with two attached hydrogens (primary N) is 1. The fourth-order valence-corrected chi connectivity index (χ4v) is 8.03. The van der Waals surface area contributed by atoms with Gasteiger partial charge in [-0.2, -0.15) is 0 Å². The highest BCUT2D eigenvalue weighted by molar-refractivity contribution is 6.40. The number of carbonyl (C=O) groups is 4. The molecule has 1 saturated carbocycles. The highest BCUT2D eigenvalue weighted by atomic mass is 35.5. The Morgan fingerprint density at radius 3 is 1.33 bits per heavy atom. The fourth-order valence-electron chi connectivity index (χ4n) is 7.46. The van der Waals surface area contributed by atoms with Crippen LogP contribution in [-0.2, 0) is 82.4 Å². The van der Waals surface area contributed by atoms with Gasteiger partial charge in [0.25, 0.3) is 5.91 Å². The molecule has 0 aliphatic heterocycles. The van der Waals surface area contributed by atoms with Crippen LogP contribution in [0.3, 0.4) is 0 Å². The zero-order valence-electron chi connectivity index (χ0n) is 43.7. The topological polar surface area (TPSA) is 250 Å². The number of benzene rings is 2. The molecule has 1 fully saturated rings. The van der Waals surface area contributed by atoms with Crippen molar-refractivity contribution in [2.24, 2.45) is 11.1 Å². The first-order valence-corrected chi connectivity index (χ1v) is 26.6. The van der Waals surface area contributed by atoms with Gasteiger partial charge < -0.3 is 83.3 Å². The molecule has 2 aromatic carbocycles. The molecule has 0 aromatic heterocycles. The Bertz CT molecular complexity index is 1800. The molecule has 0 radical (unpaired) electrons. The molecule has 5 N–H and O–H groups in total. The van der Waals surface area contributed by atoms with Crippen LogP contribution in [0.1, 0.15) is 54.4 Å². The molecule has 0 saturated heterocycles. The highest BCUT2D eigenvalue weighted by Crippen LogP contribution is 2.41. The molecule has 0 bridgehead atoms. The van der Waals surface area contributed by atoms with Crippen LogP contribution < -0.4 is 21.7 Å². The van der Waals surface area contributed by atoms with Gasteiger partial charge in [0, 0.05) is 31.6 Å². The molecule has 1 atom stereocenters. The third-order valence-corrected chi connectivity index (χ3v) is 12.1. The maximum atomic E-state index is 13.8. The van der Waals surface area contributed by atoms with Crippen LogP contribution >= 0.6 is 23.2 Å². The van der Waals surface area contributed by atoms with Crippen LogP contribution in [-0.4, -0.2) is 208 Å². The number of esters is 1. The minimum Gasteiger partial charge on any atom is -0.467 e. The molecule has 3 rings (SSSR count). The lowest BCUT2D eigenvalue weighted by atomic mass is 9.81. The number of methoxy groups -OCH3 is 1. The second-order valence-electron chi connectivity index (χ2n) is 17.0. The predicted molar refractivity (Wildman–Crippen MR) is 281 cm³/mol. The Hall–Kier alpha value is -3.62. The van der Waals surface area contributed by atoms with Crippen molar-refractivity contribution in [3.8, 4) is 0 Å². The van der Waals surface area contributed by atoms with Crippen LogP contribution in [0.4, 0.5) is 5.69 Å². The SMILES string of the molecule is COC(=O)[C@H](Cc1ccc(NC(=O)c2c(Cl)cccc2Cl)cc1)NC(=O)C1(CCNC(=O)CCOCCOCCOCCOCCOCCOCCOCCOCCOCCOCCOCCOCCN)CCCC1. The first-order chi connectivity index (χ1) is 36.7. The molecular formula is C52H82Cl2N4O17. The summed E-state index contributed by atoms with van der Waals surface area (Å²) in [5, 5.41) is 9.07. The van der Waals surface area contributed by atoms with Crippen molar-refractivity contribution < 1.29 is 80.8 Å². The van der Waals surface area contributed by atoms with Crippen molar-refractivity contribution in [2.75, 3.05) is 184 Å². The number of ether oxygens (including phenoxy) is 13. The van der Waals surface area contributed by atoms with Gasteiger partial charge in [-0.05, 0) is 49.1 Å². The molecule has 75 heavy (non-hydrogen) atoms. The summed E-state index contributed by atoms with van der Waals surface area (Å²) in [6.45, 7) is 11.7. The van der Waals surface area contributed by atoms with Gasteiger partial charge in [0.05, 0.1) is 187 Å². The largest absolute Gasteiger partial charge is 0.467 e. The summed E-state index contributed by atoms with van der Waals surface area (Å²) in [4.78, 5) is 52.1. The summed E-state index contributed by atoms with van der Waals surface area (Å²) >= 11 is 12.4. The van der Waals surface area contributed by atoms with E-state index in [1.54, 1.807) is 42.5 Å². The van der Waals surface area contributed by atoms with Gasteiger partial charge in [-0.15, -0.1) is 0 Å². The van der Waals surface area contributed by atoms with Crippen molar-refractivity contribution >= 4 is 52.6 Å². The molecule has 426 valence electrons. The number of amides is 3. The molecule has 1 aliphatic carbocycles. The van der Waals surface area contributed by atoms with Gasteiger partial charge in [-0.1, -0.05) is 54.2 Å². The molecular weight excluding hydrogens is 1020 g/mol. The van der Waals surface area contributed by atoms with E-state index in [0.717, 1.165) is 18.4 Å². The Labute approximate surface area is 452 Å². The van der Waals surface area contributed by atoms with Crippen LogP contribution in [0, 0.1) is 5.41 Å². The van der Waals surface area contributed by atoms with Gasteiger partial charge in [-0.3, -0.25) is 14.4 Å². The van der Waals surface area contributed by atoms with Crippen molar-refractivity contribution in [3.05, 3.63) is 63.6 Å². The molecule has 21 nitrogen and oxygen atoms in total. The van der Waals surface area contributed by atoms with Crippen LogP contribution in [0.5, 0.6) is 0 Å². The lowest BCUT2D eigenvalue weighted by molar-refractivity contribution is -0.146. The van der Waals surface area contributed by atoms with Gasteiger partial charge >= 0.3 is 5.97 Å². The average Bonchev–Trinajstić information content (AvgIpc) is 3.89. The minimum absolute atomic E-state index is 0.164. The van der Waals surface area contributed by atoms with Crippen molar-refractivity contribution in [1.29, 1.82) is 0 Å². The van der Waals surface area contributed by atoms with E-state index in [2.05, 4.69) is 16.0 Å². The first kappa shape index (κ1) is 65.7. The average molecular weight is 1110 g/mol. The smallest absolute Gasteiger partial charge is 0.328 e. The number of anilines is 1. The summed E-state index contributed by atoms with van der Waals surface area (Å²) in [6, 6.07) is 10.8. The van der Waals surface area contributed by atoms with E-state index in [0.29, 0.717) is 190 Å². The molecule has 3 amide bonds. The Morgan fingerprint density at radius 1 is 0.560 bits per heavy atom.